The van der Waals surface area contributed by atoms with Crippen LogP contribution in [0.1, 0.15) is 18.4 Å². The van der Waals surface area contributed by atoms with Crippen molar-refractivity contribution in [3.63, 3.8) is 0 Å². The second-order valence-electron chi connectivity index (χ2n) is 4.85. The molecule has 5 heteroatoms. The van der Waals surface area contributed by atoms with Gasteiger partial charge in [-0.25, -0.2) is 8.78 Å². The SMILES string of the molecule is COC(=O)[C@H]1CCCN(Cc2ccc(F)c(F)c2)C1. The summed E-state index contributed by atoms with van der Waals surface area (Å²) >= 11 is 0. The Hall–Kier alpha value is -1.49. The third kappa shape index (κ3) is 3.50. The zero-order chi connectivity index (χ0) is 13.8. The first-order valence-electron chi connectivity index (χ1n) is 6.34. The molecule has 1 aromatic carbocycles. The largest absolute Gasteiger partial charge is 0.469 e. The first-order valence-corrected chi connectivity index (χ1v) is 6.34. The second-order valence-corrected chi connectivity index (χ2v) is 4.85. The van der Waals surface area contributed by atoms with Crippen LogP contribution < -0.4 is 0 Å². The van der Waals surface area contributed by atoms with Gasteiger partial charge in [-0.05, 0) is 37.1 Å². The van der Waals surface area contributed by atoms with E-state index in [0.29, 0.717) is 18.7 Å². The maximum atomic E-state index is 13.1. The van der Waals surface area contributed by atoms with Crippen molar-refractivity contribution in [2.24, 2.45) is 5.92 Å². The molecule has 104 valence electrons. The molecule has 1 aliphatic heterocycles. The lowest BCUT2D eigenvalue weighted by Gasteiger charge is -2.31. The number of carbonyl (C=O) groups is 1. The normalized spacial score (nSPS) is 20.3. The number of benzene rings is 1. The summed E-state index contributed by atoms with van der Waals surface area (Å²) in [6.45, 7) is 1.98. The van der Waals surface area contributed by atoms with Gasteiger partial charge in [-0.2, -0.15) is 0 Å². The van der Waals surface area contributed by atoms with Gasteiger partial charge in [0.15, 0.2) is 11.6 Å². The van der Waals surface area contributed by atoms with Crippen LogP contribution in [0.2, 0.25) is 0 Å². The zero-order valence-electron chi connectivity index (χ0n) is 10.9. The summed E-state index contributed by atoms with van der Waals surface area (Å²) in [6, 6.07) is 3.91. The molecule has 0 spiro atoms. The molecular formula is C14H17F2NO2. The average Bonchev–Trinajstić information content (AvgIpc) is 2.42. The Bertz CT molecular complexity index is 465. The lowest BCUT2D eigenvalue weighted by atomic mass is 9.98. The fourth-order valence-electron chi connectivity index (χ4n) is 2.45. The van der Waals surface area contributed by atoms with Crippen LogP contribution in [0, 0.1) is 17.6 Å². The minimum absolute atomic E-state index is 0.121. The lowest BCUT2D eigenvalue weighted by Crippen LogP contribution is -2.38. The Morgan fingerprint density at radius 2 is 2.21 bits per heavy atom. The Morgan fingerprint density at radius 3 is 2.89 bits per heavy atom. The predicted octanol–water partition coefficient (Wildman–Crippen LogP) is 2.35. The van der Waals surface area contributed by atoms with Gasteiger partial charge in [-0.1, -0.05) is 6.07 Å². The van der Waals surface area contributed by atoms with E-state index in [1.165, 1.54) is 13.2 Å². The van der Waals surface area contributed by atoms with E-state index in [-0.39, 0.29) is 11.9 Å². The number of methoxy groups -OCH3 is 1. The van der Waals surface area contributed by atoms with E-state index in [9.17, 15) is 13.6 Å². The van der Waals surface area contributed by atoms with Gasteiger partial charge in [-0.3, -0.25) is 9.69 Å². The van der Waals surface area contributed by atoms with E-state index >= 15 is 0 Å². The third-order valence-electron chi connectivity index (χ3n) is 3.43. The van der Waals surface area contributed by atoms with Gasteiger partial charge in [0, 0.05) is 13.1 Å². The van der Waals surface area contributed by atoms with Gasteiger partial charge in [0.05, 0.1) is 13.0 Å². The van der Waals surface area contributed by atoms with Crippen LogP contribution in [-0.4, -0.2) is 31.1 Å². The molecule has 0 saturated carbocycles. The molecule has 0 amide bonds. The first kappa shape index (κ1) is 13.9. The molecule has 0 unspecified atom stereocenters. The van der Waals surface area contributed by atoms with Gasteiger partial charge in [0.1, 0.15) is 0 Å². The van der Waals surface area contributed by atoms with Crippen LogP contribution in [0.3, 0.4) is 0 Å². The Labute approximate surface area is 111 Å². The fourth-order valence-corrected chi connectivity index (χ4v) is 2.45. The van der Waals surface area contributed by atoms with E-state index in [1.807, 2.05) is 0 Å². The summed E-state index contributed by atoms with van der Waals surface area (Å²) < 4.78 is 30.7. The van der Waals surface area contributed by atoms with E-state index in [2.05, 4.69) is 4.90 Å². The molecule has 1 atom stereocenters. The molecule has 0 bridgehead atoms. The van der Waals surface area contributed by atoms with Gasteiger partial charge >= 0.3 is 5.97 Å². The van der Waals surface area contributed by atoms with Gasteiger partial charge in [0.2, 0.25) is 0 Å². The van der Waals surface area contributed by atoms with Crippen molar-refractivity contribution in [3.05, 3.63) is 35.4 Å². The van der Waals surface area contributed by atoms with Crippen molar-refractivity contribution in [2.75, 3.05) is 20.2 Å². The molecule has 19 heavy (non-hydrogen) atoms. The standard InChI is InChI=1S/C14H17F2NO2/c1-19-14(18)11-3-2-6-17(9-11)8-10-4-5-12(15)13(16)7-10/h4-5,7,11H,2-3,6,8-9H2,1H3/t11-/m0/s1. The Kier molecular flexibility index (Phi) is 4.47. The molecule has 0 radical (unpaired) electrons. The van der Waals surface area contributed by atoms with Crippen molar-refractivity contribution < 1.29 is 18.3 Å². The molecular weight excluding hydrogens is 252 g/mol. The number of ether oxygens (including phenoxy) is 1. The number of hydrogen-bond acceptors (Lipinski definition) is 3. The zero-order valence-corrected chi connectivity index (χ0v) is 10.9. The minimum atomic E-state index is -0.838. The highest BCUT2D eigenvalue weighted by molar-refractivity contribution is 5.72. The maximum Gasteiger partial charge on any atom is 0.309 e. The average molecular weight is 269 g/mol. The monoisotopic (exact) mass is 269 g/mol. The van der Waals surface area contributed by atoms with Crippen LogP contribution in [0.4, 0.5) is 8.78 Å². The highest BCUT2D eigenvalue weighted by atomic mass is 19.2. The molecule has 0 aliphatic carbocycles. The van der Waals surface area contributed by atoms with E-state index < -0.39 is 11.6 Å². The quantitative estimate of drug-likeness (QED) is 0.789. The summed E-state index contributed by atoms with van der Waals surface area (Å²) in [5, 5.41) is 0. The summed E-state index contributed by atoms with van der Waals surface area (Å²) in [7, 11) is 1.39. The highest BCUT2D eigenvalue weighted by Gasteiger charge is 2.26. The van der Waals surface area contributed by atoms with Crippen LogP contribution in [0.25, 0.3) is 0 Å². The summed E-state index contributed by atoms with van der Waals surface area (Å²) in [5.41, 5.74) is 0.712. The number of esters is 1. The Morgan fingerprint density at radius 1 is 1.42 bits per heavy atom. The van der Waals surface area contributed by atoms with Gasteiger partial charge in [-0.15, -0.1) is 0 Å². The molecule has 3 nitrogen and oxygen atoms in total. The second kappa shape index (κ2) is 6.10. The van der Waals surface area contributed by atoms with Crippen molar-refractivity contribution in [2.45, 2.75) is 19.4 Å². The maximum absolute atomic E-state index is 13.1. The number of hydrogen-bond donors (Lipinski definition) is 0. The van der Waals surface area contributed by atoms with Crippen LogP contribution in [0.5, 0.6) is 0 Å². The van der Waals surface area contributed by atoms with E-state index in [4.69, 9.17) is 4.74 Å². The summed E-state index contributed by atoms with van der Waals surface area (Å²) in [4.78, 5) is 13.6. The lowest BCUT2D eigenvalue weighted by molar-refractivity contribution is -0.147. The number of likely N-dealkylation sites (tertiary alicyclic amines) is 1. The number of halogens is 2. The topological polar surface area (TPSA) is 29.5 Å². The predicted molar refractivity (Wildman–Crippen MR) is 66.4 cm³/mol. The molecule has 1 fully saturated rings. The van der Waals surface area contributed by atoms with Crippen LogP contribution in [-0.2, 0) is 16.1 Å². The number of nitrogens with zero attached hydrogens (tertiary/aromatic N) is 1. The molecule has 1 heterocycles. The third-order valence-corrected chi connectivity index (χ3v) is 3.43. The molecule has 2 rings (SSSR count). The number of piperidine rings is 1. The highest BCUT2D eigenvalue weighted by Crippen LogP contribution is 2.20. The van der Waals surface area contributed by atoms with Crippen LogP contribution in [0.15, 0.2) is 18.2 Å². The van der Waals surface area contributed by atoms with E-state index in [1.54, 1.807) is 6.07 Å². The van der Waals surface area contributed by atoms with Crippen molar-refractivity contribution >= 4 is 5.97 Å². The van der Waals surface area contributed by atoms with Crippen molar-refractivity contribution in [1.29, 1.82) is 0 Å². The molecule has 1 saturated heterocycles. The van der Waals surface area contributed by atoms with Gasteiger partial charge < -0.3 is 4.74 Å². The smallest absolute Gasteiger partial charge is 0.309 e. The molecule has 1 aliphatic rings. The minimum Gasteiger partial charge on any atom is -0.469 e. The van der Waals surface area contributed by atoms with E-state index in [0.717, 1.165) is 25.5 Å². The fraction of sp³-hybridized carbons (Fsp3) is 0.500. The number of rotatable bonds is 3. The summed E-state index contributed by atoms with van der Waals surface area (Å²) in [6.07, 6.45) is 1.73. The molecule has 0 N–H and O–H groups in total. The first-order chi connectivity index (χ1) is 9.10. The molecule has 1 aromatic rings. The summed E-state index contributed by atoms with van der Waals surface area (Å²) in [5.74, 6) is -1.99. The Balaban J connectivity index is 1.98. The molecule has 0 aromatic heterocycles. The van der Waals surface area contributed by atoms with Crippen molar-refractivity contribution in [1.82, 2.24) is 4.90 Å². The van der Waals surface area contributed by atoms with Crippen molar-refractivity contribution in [3.8, 4) is 0 Å². The van der Waals surface area contributed by atoms with Crippen LogP contribution >= 0.6 is 0 Å². The number of carbonyl (C=O) groups excluding carboxylic acids is 1. The van der Waals surface area contributed by atoms with Gasteiger partial charge in [0.25, 0.3) is 0 Å².